The van der Waals surface area contributed by atoms with Gasteiger partial charge in [-0.1, -0.05) is 0 Å². The average Bonchev–Trinajstić information content (AvgIpc) is 3.05. The molecule has 0 radical (unpaired) electrons. The maximum atomic E-state index is 12.9. The molecule has 1 aromatic carbocycles. The van der Waals surface area contributed by atoms with E-state index in [0.717, 1.165) is 37.3 Å². The minimum absolute atomic E-state index is 0. The molecule has 1 aliphatic heterocycles. The van der Waals surface area contributed by atoms with Crippen molar-refractivity contribution in [2.45, 2.75) is 19.3 Å². The van der Waals surface area contributed by atoms with Crippen LogP contribution in [0.2, 0.25) is 0 Å². The fraction of sp³-hybridized carbons (Fsp3) is 0.412. The number of nitrogens with one attached hydrogen (secondary N) is 2. The van der Waals surface area contributed by atoms with Gasteiger partial charge in [-0.2, -0.15) is 5.10 Å². The molecule has 1 amide bonds. The summed E-state index contributed by atoms with van der Waals surface area (Å²) in [6.07, 6.45) is 4.35. The zero-order valence-corrected chi connectivity index (χ0v) is 14.2. The zero-order valence-electron chi connectivity index (χ0n) is 13.4. The van der Waals surface area contributed by atoms with Crippen LogP contribution in [0.15, 0.2) is 36.5 Å². The van der Waals surface area contributed by atoms with Gasteiger partial charge in [-0.3, -0.25) is 4.79 Å². The molecule has 2 aromatic rings. The highest BCUT2D eigenvalue weighted by atomic mass is 35.5. The van der Waals surface area contributed by atoms with Gasteiger partial charge in [0, 0.05) is 25.1 Å². The lowest BCUT2D eigenvalue weighted by molar-refractivity contribution is -0.125. The summed E-state index contributed by atoms with van der Waals surface area (Å²) in [5.41, 5.74) is 1.72. The number of hydrogen-bond donors (Lipinski definition) is 2. The van der Waals surface area contributed by atoms with E-state index >= 15 is 0 Å². The van der Waals surface area contributed by atoms with Gasteiger partial charge in [-0.25, -0.2) is 9.07 Å². The maximum Gasteiger partial charge on any atom is 0.223 e. The Morgan fingerprint density at radius 2 is 1.96 bits per heavy atom. The van der Waals surface area contributed by atoms with Crippen LogP contribution in [-0.4, -0.2) is 35.3 Å². The molecule has 0 aliphatic carbocycles. The number of carbonyl (C=O) groups is 1. The highest BCUT2D eigenvalue weighted by Gasteiger charge is 2.20. The first-order chi connectivity index (χ1) is 11.2. The van der Waals surface area contributed by atoms with Crippen LogP contribution in [0.3, 0.4) is 0 Å². The summed E-state index contributed by atoms with van der Waals surface area (Å²) in [6, 6.07) is 8.11. The standard InChI is InChI=1S/C17H21FN4O.ClH/c18-14-1-3-16(4-2-14)22-12-8-15(21-22)7-11-20-17(23)13-5-9-19-10-6-13;/h1-4,8,12-13,19H,5-7,9-11H2,(H,20,23);1H. The van der Waals surface area contributed by atoms with Crippen molar-refractivity contribution in [3.63, 3.8) is 0 Å². The molecule has 7 heteroatoms. The number of hydrogen-bond acceptors (Lipinski definition) is 3. The Kier molecular flexibility index (Phi) is 6.75. The van der Waals surface area contributed by atoms with Gasteiger partial charge >= 0.3 is 0 Å². The Balaban J connectivity index is 0.00000208. The predicted octanol–water partition coefficient (Wildman–Crippen LogP) is 2.09. The van der Waals surface area contributed by atoms with E-state index in [2.05, 4.69) is 15.7 Å². The minimum atomic E-state index is -0.262. The van der Waals surface area contributed by atoms with E-state index in [-0.39, 0.29) is 30.0 Å². The molecule has 0 unspecified atom stereocenters. The second kappa shape index (κ2) is 8.80. The first kappa shape index (κ1) is 18.4. The van der Waals surface area contributed by atoms with Gasteiger partial charge in [0.15, 0.2) is 0 Å². The molecular weight excluding hydrogens is 331 g/mol. The summed E-state index contributed by atoms with van der Waals surface area (Å²) in [5.74, 6) is 0.0132. The topological polar surface area (TPSA) is 59.0 Å². The second-order valence-electron chi connectivity index (χ2n) is 5.79. The highest BCUT2D eigenvalue weighted by Crippen LogP contribution is 2.12. The Labute approximate surface area is 147 Å². The lowest BCUT2D eigenvalue weighted by atomic mass is 9.97. The molecule has 2 N–H and O–H groups in total. The van der Waals surface area contributed by atoms with Crippen LogP contribution in [0.4, 0.5) is 4.39 Å². The van der Waals surface area contributed by atoms with Crippen molar-refractivity contribution in [2.75, 3.05) is 19.6 Å². The van der Waals surface area contributed by atoms with Crippen molar-refractivity contribution in [3.05, 3.63) is 48.0 Å². The number of carbonyl (C=O) groups excluding carboxylic acids is 1. The van der Waals surface area contributed by atoms with Crippen LogP contribution >= 0.6 is 12.4 Å². The van der Waals surface area contributed by atoms with Crippen LogP contribution in [0.1, 0.15) is 18.5 Å². The van der Waals surface area contributed by atoms with Crippen molar-refractivity contribution >= 4 is 18.3 Å². The van der Waals surface area contributed by atoms with Gasteiger partial charge < -0.3 is 10.6 Å². The van der Waals surface area contributed by atoms with Gasteiger partial charge in [0.2, 0.25) is 5.91 Å². The minimum Gasteiger partial charge on any atom is -0.355 e. The van der Waals surface area contributed by atoms with E-state index in [9.17, 15) is 9.18 Å². The van der Waals surface area contributed by atoms with E-state index in [4.69, 9.17) is 0 Å². The average molecular weight is 353 g/mol. The van der Waals surface area contributed by atoms with Crippen molar-refractivity contribution in [2.24, 2.45) is 5.92 Å². The van der Waals surface area contributed by atoms with Gasteiger partial charge in [0.05, 0.1) is 11.4 Å². The molecule has 0 bridgehead atoms. The molecular formula is C17H22ClFN4O. The van der Waals surface area contributed by atoms with E-state index in [1.165, 1.54) is 12.1 Å². The van der Waals surface area contributed by atoms with Crippen molar-refractivity contribution in [1.82, 2.24) is 20.4 Å². The van der Waals surface area contributed by atoms with Crippen LogP contribution in [-0.2, 0) is 11.2 Å². The summed E-state index contributed by atoms with van der Waals surface area (Å²) in [4.78, 5) is 12.0. The molecule has 1 aromatic heterocycles. The molecule has 0 atom stereocenters. The normalized spacial score (nSPS) is 14.9. The molecule has 0 saturated carbocycles. The van der Waals surface area contributed by atoms with Crippen molar-refractivity contribution < 1.29 is 9.18 Å². The van der Waals surface area contributed by atoms with Gasteiger partial charge in [-0.05, 0) is 56.3 Å². The quantitative estimate of drug-likeness (QED) is 0.866. The van der Waals surface area contributed by atoms with E-state index < -0.39 is 0 Å². The Bertz CT molecular complexity index is 653. The fourth-order valence-corrected chi connectivity index (χ4v) is 2.77. The summed E-state index contributed by atoms with van der Waals surface area (Å²) >= 11 is 0. The smallest absolute Gasteiger partial charge is 0.223 e. The van der Waals surface area contributed by atoms with E-state index in [0.29, 0.717) is 13.0 Å². The third-order valence-electron chi connectivity index (χ3n) is 4.13. The first-order valence-corrected chi connectivity index (χ1v) is 8.01. The number of nitrogens with zero attached hydrogens (tertiary/aromatic N) is 2. The van der Waals surface area contributed by atoms with Crippen LogP contribution in [0.25, 0.3) is 5.69 Å². The molecule has 0 spiro atoms. The molecule has 5 nitrogen and oxygen atoms in total. The molecule has 1 fully saturated rings. The third-order valence-corrected chi connectivity index (χ3v) is 4.13. The molecule has 24 heavy (non-hydrogen) atoms. The van der Waals surface area contributed by atoms with Gasteiger partial charge in [0.25, 0.3) is 0 Å². The van der Waals surface area contributed by atoms with Crippen LogP contribution in [0, 0.1) is 11.7 Å². The first-order valence-electron chi connectivity index (χ1n) is 8.01. The third kappa shape index (κ3) is 4.79. The van der Waals surface area contributed by atoms with Crippen LogP contribution < -0.4 is 10.6 Å². The number of rotatable bonds is 5. The summed E-state index contributed by atoms with van der Waals surface area (Å²) in [5, 5.41) is 10.7. The lowest BCUT2D eigenvalue weighted by Gasteiger charge is -2.21. The van der Waals surface area contributed by atoms with E-state index in [1.807, 2.05) is 12.3 Å². The predicted molar refractivity (Wildman–Crippen MR) is 93.1 cm³/mol. The van der Waals surface area contributed by atoms with Crippen molar-refractivity contribution in [1.29, 1.82) is 0 Å². The maximum absolute atomic E-state index is 12.9. The monoisotopic (exact) mass is 352 g/mol. The number of piperidine rings is 1. The Hall–Kier alpha value is -1.92. The van der Waals surface area contributed by atoms with E-state index in [1.54, 1.807) is 16.8 Å². The zero-order chi connectivity index (χ0) is 16.1. The number of benzene rings is 1. The summed E-state index contributed by atoms with van der Waals surface area (Å²) < 4.78 is 14.6. The summed E-state index contributed by atoms with van der Waals surface area (Å²) in [7, 11) is 0. The SMILES string of the molecule is Cl.O=C(NCCc1ccn(-c2ccc(F)cc2)n1)C1CCNCC1. The second-order valence-corrected chi connectivity index (χ2v) is 5.79. The molecule has 1 aliphatic rings. The molecule has 3 rings (SSSR count). The lowest BCUT2D eigenvalue weighted by Crippen LogP contribution is -2.38. The van der Waals surface area contributed by atoms with Crippen molar-refractivity contribution in [3.8, 4) is 5.69 Å². The molecule has 2 heterocycles. The summed E-state index contributed by atoms with van der Waals surface area (Å²) in [6.45, 7) is 2.42. The van der Waals surface area contributed by atoms with Crippen LogP contribution in [0.5, 0.6) is 0 Å². The van der Waals surface area contributed by atoms with Gasteiger partial charge in [0.1, 0.15) is 5.82 Å². The number of halogens is 2. The Morgan fingerprint density at radius 3 is 2.67 bits per heavy atom. The highest BCUT2D eigenvalue weighted by molar-refractivity contribution is 5.85. The molecule has 1 saturated heterocycles. The Morgan fingerprint density at radius 1 is 1.25 bits per heavy atom. The fourth-order valence-electron chi connectivity index (χ4n) is 2.77. The largest absolute Gasteiger partial charge is 0.355 e. The number of amides is 1. The molecule has 130 valence electrons. The number of aromatic nitrogens is 2. The van der Waals surface area contributed by atoms with Gasteiger partial charge in [-0.15, -0.1) is 12.4 Å².